The fourth-order valence-electron chi connectivity index (χ4n) is 1.85. The van der Waals surface area contributed by atoms with E-state index in [2.05, 4.69) is 5.32 Å². The second-order valence-corrected chi connectivity index (χ2v) is 4.96. The van der Waals surface area contributed by atoms with Gasteiger partial charge in [-0.25, -0.2) is 0 Å². The van der Waals surface area contributed by atoms with Crippen LogP contribution in [0, 0.1) is 0 Å². The average molecular weight is 303 g/mol. The molecular formula is C16H15ClN2O2. The van der Waals surface area contributed by atoms with Gasteiger partial charge in [-0.05, 0) is 24.3 Å². The zero-order valence-electron chi connectivity index (χ0n) is 11.5. The molecule has 0 spiro atoms. The van der Waals surface area contributed by atoms with Gasteiger partial charge < -0.3 is 10.2 Å². The third kappa shape index (κ3) is 4.07. The van der Waals surface area contributed by atoms with E-state index < -0.39 is 0 Å². The predicted octanol–water partition coefficient (Wildman–Crippen LogP) is 3.05. The Bertz CT molecular complexity index is 644. The Labute approximate surface area is 128 Å². The van der Waals surface area contributed by atoms with Gasteiger partial charge in [0.2, 0.25) is 5.91 Å². The van der Waals surface area contributed by atoms with Crippen molar-refractivity contribution in [1.82, 2.24) is 4.90 Å². The van der Waals surface area contributed by atoms with E-state index in [1.807, 2.05) is 18.2 Å². The van der Waals surface area contributed by atoms with Gasteiger partial charge in [0.05, 0.1) is 17.1 Å². The van der Waals surface area contributed by atoms with Crippen molar-refractivity contribution in [3.8, 4) is 0 Å². The molecule has 0 aliphatic carbocycles. The molecule has 0 fully saturated rings. The standard InChI is InChI=1S/C16H15ClN2O2/c1-19(16(21)13-9-5-6-10-14(13)17)11-15(20)18-12-7-3-2-4-8-12/h2-10H,11H2,1H3,(H,18,20). The molecule has 0 aliphatic heterocycles. The number of halogens is 1. The van der Waals surface area contributed by atoms with Crippen molar-refractivity contribution in [2.24, 2.45) is 0 Å². The van der Waals surface area contributed by atoms with Crippen LogP contribution in [0.3, 0.4) is 0 Å². The van der Waals surface area contributed by atoms with Crippen LogP contribution in [0.1, 0.15) is 10.4 Å². The van der Waals surface area contributed by atoms with Crippen LogP contribution < -0.4 is 5.32 Å². The summed E-state index contributed by atoms with van der Waals surface area (Å²) in [5, 5.41) is 3.10. The number of para-hydroxylation sites is 1. The van der Waals surface area contributed by atoms with Crippen LogP contribution in [0.4, 0.5) is 5.69 Å². The lowest BCUT2D eigenvalue weighted by Gasteiger charge is -2.17. The Hall–Kier alpha value is -2.33. The molecule has 21 heavy (non-hydrogen) atoms. The minimum Gasteiger partial charge on any atom is -0.332 e. The number of hydrogen-bond acceptors (Lipinski definition) is 2. The molecule has 0 saturated heterocycles. The number of carbonyl (C=O) groups excluding carboxylic acids is 2. The number of hydrogen-bond donors (Lipinski definition) is 1. The average Bonchev–Trinajstić information content (AvgIpc) is 2.48. The first-order valence-electron chi connectivity index (χ1n) is 6.43. The zero-order chi connectivity index (χ0) is 15.2. The van der Waals surface area contributed by atoms with Gasteiger partial charge in [0.25, 0.3) is 5.91 Å². The van der Waals surface area contributed by atoms with Gasteiger partial charge in [0.15, 0.2) is 0 Å². The molecule has 2 aromatic rings. The highest BCUT2D eigenvalue weighted by atomic mass is 35.5. The van der Waals surface area contributed by atoms with E-state index in [9.17, 15) is 9.59 Å². The topological polar surface area (TPSA) is 49.4 Å². The van der Waals surface area contributed by atoms with Gasteiger partial charge in [-0.2, -0.15) is 0 Å². The number of nitrogens with zero attached hydrogens (tertiary/aromatic N) is 1. The Kier molecular flexibility index (Phi) is 4.95. The summed E-state index contributed by atoms with van der Waals surface area (Å²) in [5.41, 5.74) is 1.08. The Morgan fingerprint density at radius 3 is 2.33 bits per heavy atom. The summed E-state index contributed by atoms with van der Waals surface area (Å²) in [6.07, 6.45) is 0. The molecule has 1 N–H and O–H groups in total. The second kappa shape index (κ2) is 6.90. The summed E-state index contributed by atoms with van der Waals surface area (Å²) in [4.78, 5) is 25.5. The number of carbonyl (C=O) groups is 2. The van der Waals surface area contributed by atoms with E-state index in [1.165, 1.54) is 4.90 Å². The molecule has 0 aromatic heterocycles. The normalized spacial score (nSPS) is 10.0. The van der Waals surface area contributed by atoms with E-state index in [0.29, 0.717) is 16.3 Å². The molecule has 2 amide bonds. The van der Waals surface area contributed by atoms with Gasteiger partial charge in [0.1, 0.15) is 0 Å². The lowest BCUT2D eigenvalue weighted by atomic mass is 10.2. The SMILES string of the molecule is CN(CC(=O)Nc1ccccc1)C(=O)c1ccccc1Cl. The minimum atomic E-state index is -0.288. The summed E-state index contributed by atoms with van der Waals surface area (Å²) in [6.45, 7) is -0.0427. The molecule has 0 bridgehead atoms. The number of nitrogens with one attached hydrogen (secondary N) is 1. The molecule has 0 aliphatic rings. The Morgan fingerprint density at radius 2 is 1.67 bits per heavy atom. The molecule has 0 atom stereocenters. The maximum atomic E-state index is 12.2. The van der Waals surface area contributed by atoms with Crippen LogP contribution in [-0.2, 0) is 4.79 Å². The van der Waals surface area contributed by atoms with E-state index in [4.69, 9.17) is 11.6 Å². The first-order valence-corrected chi connectivity index (χ1v) is 6.80. The van der Waals surface area contributed by atoms with Crippen LogP contribution in [-0.4, -0.2) is 30.3 Å². The quantitative estimate of drug-likeness (QED) is 0.943. The summed E-state index contributed by atoms with van der Waals surface area (Å²) in [5.74, 6) is -0.548. The highest BCUT2D eigenvalue weighted by molar-refractivity contribution is 6.33. The molecule has 2 rings (SSSR count). The van der Waals surface area contributed by atoms with E-state index >= 15 is 0 Å². The molecule has 5 heteroatoms. The molecule has 0 heterocycles. The number of likely N-dealkylation sites (N-methyl/N-ethyl adjacent to an activating group) is 1. The number of benzene rings is 2. The minimum absolute atomic E-state index is 0.0427. The van der Waals surface area contributed by atoms with Gasteiger partial charge in [-0.15, -0.1) is 0 Å². The second-order valence-electron chi connectivity index (χ2n) is 4.56. The van der Waals surface area contributed by atoms with E-state index in [-0.39, 0.29) is 18.4 Å². The fraction of sp³-hybridized carbons (Fsp3) is 0.125. The van der Waals surface area contributed by atoms with E-state index in [1.54, 1.807) is 43.4 Å². The maximum Gasteiger partial charge on any atom is 0.255 e. The number of rotatable bonds is 4. The monoisotopic (exact) mass is 302 g/mol. The molecule has 0 saturated carbocycles. The Balaban J connectivity index is 1.98. The van der Waals surface area contributed by atoms with Crippen molar-refractivity contribution >= 4 is 29.1 Å². The molecule has 2 aromatic carbocycles. The predicted molar refractivity (Wildman–Crippen MR) is 83.5 cm³/mol. The van der Waals surface area contributed by atoms with Crippen molar-refractivity contribution in [1.29, 1.82) is 0 Å². The van der Waals surface area contributed by atoms with Crippen molar-refractivity contribution < 1.29 is 9.59 Å². The molecule has 0 unspecified atom stereocenters. The molecule has 108 valence electrons. The lowest BCUT2D eigenvalue weighted by Crippen LogP contribution is -2.35. The van der Waals surface area contributed by atoms with Crippen LogP contribution in [0.2, 0.25) is 5.02 Å². The van der Waals surface area contributed by atoms with Gasteiger partial charge in [-0.1, -0.05) is 41.9 Å². The van der Waals surface area contributed by atoms with Crippen molar-refractivity contribution in [3.63, 3.8) is 0 Å². The lowest BCUT2D eigenvalue weighted by molar-refractivity contribution is -0.116. The highest BCUT2D eigenvalue weighted by Crippen LogP contribution is 2.16. The third-order valence-corrected chi connectivity index (χ3v) is 3.22. The summed E-state index contributed by atoms with van der Waals surface area (Å²) >= 11 is 5.98. The molecular weight excluding hydrogens is 288 g/mol. The zero-order valence-corrected chi connectivity index (χ0v) is 12.3. The summed E-state index contributed by atoms with van der Waals surface area (Å²) < 4.78 is 0. The summed E-state index contributed by atoms with van der Waals surface area (Å²) in [7, 11) is 1.57. The summed E-state index contributed by atoms with van der Waals surface area (Å²) in [6, 6.07) is 15.9. The van der Waals surface area contributed by atoms with Crippen LogP contribution in [0.25, 0.3) is 0 Å². The number of anilines is 1. The van der Waals surface area contributed by atoms with E-state index in [0.717, 1.165) is 0 Å². The number of amides is 2. The highest BCUT2D eigenvalue weighted by Gasteiger charge is 2.17. The maximum absolute atomic E-state index is 12.2. The van der Waals surface area contributed by atoms with Crippen LogP contribution in [0.15, 0.2) is 54.6 Å². The van der Waals surface area contributed by atoms with Crippen molar-refractivity contribution in [3.05, 3.63) is 65.2 Å². The van der Waals surface area contributed by atoms with Crippen LogP contribution in [0.5, 0.6) is 0 Å². The molecule has 0 radical (unpaired) electrons. The molecule has 4 nitrogen and oxygen atoms in total. The Morgan fingerprint density at radius 1 is 1.05 bits per heavy atom. The third-order valence-electron chi connectivity index (χ3n) is 2.89. The van der Waals surface area contributed by atoms with Crippen LogP contribution >= 0.6 is 11.6 Å². The van der Waals surface area contributed by atoms with Crippen molar-refractivity contribution in [2.45, 2.75) is 0 Å². The van der Waals surface area contributed by atoms with Gasteiger partial charge in [0, 0.05) is 12.7 Å². The largest absolute Gasteiger partial charge is 0.332 e. The van der Waals surface area contributed by atoms with Crippen molar-refractivity contribution in [2.75, 3.05) is 18.9 Å². The fourth-order valence-corrected chi connectivity index (χ4v) is 2.07. The van der Waals surface area contributed by atoms with Gasteiger partial charge in [-0.3, -0.25) is 9.59 Å². The first-order chi connectivity index (χ1) is 10.1. The first kappa shape index (κ1) is 15.1. The smallest absolute Gasteiger partial charge is 0.255 e. The van der Waals surface area contributed by atoms with Gasteiger partial charge >= 0.3 is 0 Å².